The highest BCUT2D eigenvalue weighted by Gasteiger charge is 2.30. The van der Waals surface area contributed by atoms with Gasteiger partial charge in [0.1, 0.15) is 0 Å². The average molecular weight is 577 g/mol. The number of sulfonamides is 1. The Hall–Kier alpha value is -4.06. The lowest BCUT2D eigenvalue weighted by Gasteiger charge is -2.15. The number of carbonyl (C=O) groups excluding carboxylic acids is 1. The summed E-state index contributed by atoms with van der Waals surface area (Å²) >= 11 is 8.14. The van der Waals surface area contributed by atoms with Gasteiger partial charge in [0.05, 0.1) is 43.3 Å². The molecular weight excluding hydrogens is 556 g/mol. The Morgan fingerprint density at radius 3 is 2.62 bits per heavy atom. The van der Waals surface area contributed by atoms with Gasteiger partial charge in [-0.3, -0.25) is 14.5 Å². The first-order chi connectivity index (χ1) is 18.8. The number of rotatable bonds is 6. The second kappa shape index (κ2) is 9.92. The van der Waals surface area contributed by atoms with Crippen LogP contribution in [0.5, 0.6) is 0 Å². The van der Waals surface area contributed by atoms with Crippen LogP contribution in [0.2, 0.25) is 5.02 Å². The molecule has 0 spiro atoms. The molecule has 39 heavy (non-hydrogen) atoms. The van der Waals surface area contributed by atoms with Gasteiger partial charge < -0.3 is 5.32 Å². The van der Waals surface area contributed by atoms with Gasteiger partial charge in [-0.15, -0.1) is 0 Å². The number of halogens is 1. The van der Waals surface area contributed by atoms with E-state index in [0.29, 0.717) is 34.4 Å². The molecule has 9 nitrogen and oxygen atoms in total. The molecule has 0 fully saturated rings. The highest BCUT2D eigenvalue weighted by atomic mass is 35.5. The van der Waals surface area contributed by atoms with Crippen molar-refractivity contribution in [2.24, 2.45) is 0 Å². The number of anilines is 2. The number of aryl methyl sites for hydroxylation is 1. The van der Waals surface area contributed by atoms with Gasteiger partial charge in [0.15, 0.2) is 5.13 Å². The van der Waals surface area contributed by atoms with Crippen LogP contribution in [0.4, 0.5) is 10.8 Å². The van der Waals surface area contributed by atoms with Crippen molar-refractivity contribution in [1.29, 1.82) is 0 Å². The van der Waals surface area contributed by atoms with Gasteiger partial charge in [0.25, 0.3) is 10.0 Å². The molecule has 0 saturated carbocycles. The predicted octanol–water partition coefficient (Wildman–Crippen LogP) is 5.57. The predicted molar refractivity (Wildman–Crippen MR) is 152 cm³/mol. The standard InChI is InChI=1S/C27H21ClN6O3S2/c1-16(35)30-27-31-22-11-10-20-24(17-6-5-13-29-15-17)32-34(25(20)26(22)38-27)23-12-9-18(14-21(23)28)33-39(36,37)19-7-3-2-4-8-19/h2-9,12-15,33H,10-11H2,1H3,(H,30,31,35). The fourth-order valence-corrected chi connectivity index (χ4v) is 6.99. The number of amides is 1. The van der Waals surface area contributed by atoms with Crippen molar-refractivity contribution in [1.82, 2.24) is 19.7 Å². The molecule has 0 aliphatic heterocycles. The van der Waals surface area contributed by atoms with Crippen LogP contribution in [0.25, 0.3) is 27.5 Å². The maximum Gasteiger partial charge on any atom is 0.261 e. The molecule has 0 saturated heterocycles. The molecule has 0 atom stereocenters. The Morgan fingerprint density at radius 1 is 1.08 bits per heavy atom. The van der Waals surface area contributed by atoms with E-state index in [-0.39, 0.29) is 10.8 Å². The number of hydrogen-bond acceptors (Lipinski definition) is 7. The van der Waals surface area contributed by atoms with E-state index in [1.54, 1.807) is 53.5 Å². The number of carbonyl (C=O) groups is 1. The van der Waals surface area contributed by atoms with Crippen molar-refractivity contribution in [2.45, 2.75) is 24.7 Å². The normalized spacial score (nSPS) is 12.5. The first-order valence-corrected chi connectivity index (χ1v) is 14.7. The zero-order chi connectivity index (χ0) is 27.1. The average Bonchev–Trinajstić information content (AvgIpc) is 3.50. The van der Waals surface area contributed by atoms with Crippen LogP contribution in [0.1, 0.15) is 18.2 Å². The Labute approximate surface area is 233 Å². The Bertz CT molecular complexity index is 1820. The summed E-state index contributed by atoms with van der Waals surface area (Å²) < 4.78 is 30.0. The molecular formula is C27H21ClN6O3S2. The van der Waals surface area contributed by atoms with Gasteiger partial charge in [-0.1, -0.05) is 41.1 Å². The number of aromatic nitrogens is 4. The zero-order valence-electron chi connectivity index (χ0n) is 20.6. The van der Waals surface area contributed by atoms with Gasteiger partial charge in [0.2, 0.25) is 5.91 Å². The van der Waals surface area contributed by atoms with Crippen LogP contribution < -0.4 is 10.0 Å². The summed E-state index contributed by atoms with van der Waals surface area (Å²) in [5.74, 6) is -0.192. The van der Waals surface area contributed by atoms with Crippen molar-refractivity contribution in [3.63, 3.8) is 0 Å². The summed E-state index contributed by atoms with van der Waals surface area (Å²) in [6.45, 7) is 1.45. The maximum absolute atomic E-state index is 12.8. The second-order valence-corrected chi connectivity index (χ2v) is 12.0. The highest BCUT2D eigenvalue weighted by molar-refractivity contribution is 7.92. The summed E-state index contributed by atoms with van der Waals surface area (Å²) in [6.07, 6.45) is 4.87. The van der Waals surface area contributed by atoms with E-state index < -0.39 is 10.0 Å². The summed E-state index contributed by atoms with van der Waals surface area (Å²) in [5.41, 5.74) is 5.29. The molecule has 0 unspecified atom stereocenters. The number of benzene rings is 2. The van der Waals surface area contributed by atoms with Crippen molar-refractivity contribution >= 4 is 49.7 Å². The van der Waals surface area contributed by atoms with E-state index in [2.05, 4.69) is 20.0 Å². The van der Waals surface area contributed by atoms with E-state index in [1.165, 1.54) is 30.4 Å². The van der Waals surface area contributed by atoms with Crippen LogP contribution in [-0.4, -0.2) is 34.1 Å². The molecule has 3 heterocycles. The molecule has 6 rings (SSSR count). The van der Waals surface area contributed by atoms with Gasteiger partial charge in [-0.05, 0) is 55.3 Å². The Morgan fingerprint density at radius 2 is 1.90 bits per heavy atom. The van der Waals surface area contributed by atoms with Crippen LogP contribution in [0.3, 0.4) is 0 Å². The van der Waals surface area contributed by atoms with Gasteiger partial charge in [0, 0.05) is 30.4 Å². The molecule has 1 amide bonds. The lowest BCUT2D eigenvalue weighted by atomic mass is 9.95. The quantitative estimate of drug-likeness (QED) is 0.273. The number of hydrogen-bond donors (Lipinski definition) is 2. The van der Waals surface area contributed by atoms with Crippen LogP contribution in [0, 0.1) is 0 Å². The van der Waals surface area contributed by atoms with Crippen molar-refractivity contribution in [2.75, 3.05) is 10.0 Å². The van der Waals surface area contributed by atoms with E-state index in [1.807, 2.05) is 12.1 Å². The third kappa shape index (κ3) is 4.80. The zero-order valence-corrected chi connectivity index (χ0v) is 22.9. The number of fused-ring (bicyclic) bond motifs is 3. The van der Waals surface area contributed by atoms with Gasteiger partial charge >= 0.3 is 0 Å². The molecule has 0 bridgehead atoms. The van der Waals surface area contributed by atoms with Gasteiger partial charge in [-0.25, -0.2) is 18.1 Å². The number of thiazole rings is 1. The number of nitrogens with zero attached hydrogens (tertiary/aromatic N) is 4. The lowest BCUT2D eigenvalue weighted by Crippen LogP contribution is -2.13. The molecule has 5 aromatic rings. The van der Waals surface area contributed by atoms with Crippen LogP contribution >= 0.6 is 22.9 Å². The van der Waals surface area contributed by atoms with E-state index in [0.717, 1.165) is 33.1 Å². The summed E-state index contributed by atoms with van der Waals surface area (Å²) in [7, 11) is -3.78. The van der Waals surface area contributed by atoms with Crippen LogP contribution in [-0.2, 0) is 27.7 Å². The number of pyridine rings is 1. The third-order valence-electron chi connectivity index (χ3n) is 6.21. The van der Waals surface area contributed by atoms with E-state index in [9.17, 15) is 13.2 Å². The smallest absolute Gasteiger partial charge is 0.261 e. The lowest BCUT2D eigenvalue weighted by molar-refractivity contribution is -0.114. The van der Waals surface area contributed by atoms with E-state index >= 15 is 0 Å². The summed E-state index contributed by atoms with van der Waals surface area (Å²) in [4.78, 5) is 21.6. The van der Waals surface area contributed by atoms with Crippen LogP contribution in [0.15, 0.2) is 78.0 Å². The Kier molecular flexibility index (Phi) is 6.42. The highest BCUT2D eigenvalue weighted by Crippen LogP contribution is 2.44. The maximum atomic E-state index is 12.8. The Balaban J connectivity index is 1.46. The van der Waals surface area contributed by atoms with Crippen molar-refractivity contribution in [3.8, 4) is 27.5 Å². The molecule has 1 aliphatic carbocycles. The fourth-order valence-electron chi connectivity index (χ4n) is 4.54. The topological polar surface area (TPSA) is 119 Å². The monoisotopic (exact) mass is 576 g/mol. The molecule has 12 heteroatoms. The summed E-state index contributed by atoms with van der Waals surface area (Å²) in [5, 5.41) is 8.57. The van der Waals surface area contributed by atoms with Gasteiger partial charge in [-0.2, -0.15) is 5.10 Å². The first kappa shape index (κ1) is 25.2. The summed E-state index contributed by atoms with van der Waals surface area (Å²) in [6, 6.07) is 16.9. The molecule has 2 aromatic carbocycles. The molecule has 1 aliphatic rings. The third-order valence-corrected chi connectivity index (χ3v) is 8.93. The minimum absolute atomic E-state index is 0.153. The van der Waals surface area contributed by atoms with Crippen molar-refractivity contribution in [3.05, 3.63) is 89.3 Å². The minimum atomic E-state index is -3.78. The minimum Gasteiger partial charge on any atom is -0.302 e. The molecule has 0 radical (unpaired) electrons. The number of nitrogens with one attached hydrogen (secondary N) is 2. The first-order valence-electron chi connectivity index (χ1n) is 12.0. The fraction of sp³-hybridized carbons (Fsp3) is 0.111. The SMILES string of the molecule is CC(=O)Nc1nc2c(s1)-c1c(c(-c3cccnc3)nn1-c1ccc(NS(=O)(=O)c3ccccc3)cc1Cl)CC2. The van der Waals surface area contributed by atoms with E-state index in [4.69, 9.17) is 16.7 Å². The largest absolute Gasteiger partial charge is 0.302 e. The second-order valence-electron chi connectivity index (χ2n) is 8.89. The molecule has 3 aromatic heterocycles. The molecule has 196 valence electrons. The molecule has 2 N–H and O–H groups in total. The van der Waals surface area contributed by atoms with Crippen molar-refractivity contribution < 1.29 is 13.2 Å².